The molecule has 1 aliphatic rings. The molecular weight excluding hydrogens is 276 g/mol. The van der Waals surface area contributed by atoms with Crippen LogP contribution in [-0.2, 0) is 21.0 Å². The number of nitrogens with zero attached hydrogens (tertiary/aromatic N) is 1. The van der Waals surface area contributed by atoms with E-state index in [1.54, 1.807) is 6.92 Å². The molecule has 0 aliphatic carbocycles. The largest absolute Gasteiger partial charge is 0.477 e. The van der Waals surface area contributed by atoms with E-state index in [1.165, 1.54) is 0 Å². The predicted molar refractivity (Wildman–Crippen MR) is 73.8 cm³/mol. The number of carboxylic acids is 1. The van der Waals surface area contributed by atoms with Crippen LogP contribution in [0.15, 0.2) is 35.5 Å². The molecule has 1 aromatic rings. The van der Waals surface area contributed by atoms with Crippen LogP contribution in [0.4, 0.5) is 4.79 Å². The fourth-order valence-corrected chi connectivity index (χ4v) is 1.83. The summed E-state index contributed by atoms with van der Waals surface area (Å²) in [5.41, 5.74) is -0.0381. The van der Waals surface area contributed by atoms with Crippen molar-refractivity contribution in [1.29, 1.82) is 0 Å². The first-order valence-electron chi connectivity index (χ1n) is 6.41. The molecule has 0 radical (unpaired) electrons. The average Bonchev–Trinajstić information content (AvgIpc) is 2.87. The Morgan fingerprint density at radius 3 is 2.76 bits per heavy atom. The predicted octanol–water partition coefficient (Wildman–Crippen LogP) is 1.53. The van der Waals surface area contributed by atoms with Crippen molar-refractivity contribution >= 4 is 17.8 Å². The molecular formula is C14H16N2O5. The summed E-state index contributed by atoms with van der Waals surface area (Å²) in [4.78, 5) is 27.4. The van der Waals surface area contributed by atoms with Gasteiger partial charge in [-0.3, -0.25) is 0 Å². The van der Waals surface area contributed by atoms with Crippen molar-refractivity contribution in [3.05, 3.63) is 35.9 Å². The normalized spacial score (nSPS) is 20.3. The summed E-state index contributed by atoms with van der Waals surface area (Å²) >= 11 is 0. The molecule has 1 amide bonds. The Kier molecular flexibility index (Phi) is 4.42. The molecule has 7 nitrogen and oxygen atoms in total. The van der Waals surface area contributed by atoms with Crippen LogP contribution >= 0.6 is 0 Å². The number of aliphatic carboxylic acids is 1. The highest BCUT2D eigenvalue weighted by atomic mass is 16.7. The Balaban J connectivity index is 1.73. The summed E-state index contributed by atoms with van der Waals surface area (Å²) in [6, 6.07) is 9.29. The van der Waals surface area contributed by atoms with E-state index >= 15 is 0 Å². The molecule has 2 N–H and O–H groups in total. The van der Waals surface area contributed by atoms with Crippen LogP contribution < -0.4 is 5.32 Å². The third kappa shape index (κ3) is 4.20. The van der Waals surface area contributed by atoms with Gasteiger partial charge in [0.25, 0.3) is 0 Å². The smallest absolute Gasteiger partial charge is 0.407 e. The fraction of sp³-hybridized carbons (Fsp3) is 0.357. The molecule has 0 saturated heterocycles. The van der Waals surface area contributed by atoms with Crippen LogP contribution in [0.2, 0.25) is 0 Å². The Labute approximate surface area is 121 Å². The molecule has 2 rings (SSSR count). The molecule has 0 aromatic heterocycles. The van der Waals surface area contributed by atoms with Gasteiger partial charge in [0.15, 0.2) is 11.3 Å². The third-order valence-electron chi connectivity index (χ3n) is 2.98. The van der Waals surface area contributed by atoms with E-state index in [1.807, 2.05) is 30.3 Å². The molecule has 112 valence electrons. The maximum Gasteiger partial charge on any atom is 0.407 e. The van der Waals surface area contributed by atoms with E-state index in [-0.39, 0.29) is 25.3 Å². The van der Waals surface area contributed by atoms with Crippen LogP contribution in [0, 0.1) is 0 Å². The lowest BCUT2D eigenvalue weighted by molar-refractivity contribution is -0.129. The number of rotatable bonds is 5. The molecule has 0 fully saturated rings. The molecule has 1 unspecified atom stereocenters. The van der Waals surface area contributed by atoms with Gasteiger partial charge in [-0.2, -0.15) is 0 Å². The van der Waals surface area contributed by atoms with Crippen LogP contribution in [0.25, 0.3) is 0 Å². The Morgan fingerprint density at radius 2 is 2.14 bits per heavy atom. The van der Waals surface area contributed by atoms with Crippen molar-refractivity contribution in [3.63, 3.8) is 0 Å². The number of amides is 1. The van der Waals surface area contributed by atoms with Crippen LogP contribution in [0.1, 0.15) is 18.9 Å². The minimum atomic E-state index is -1.12. The van der Waals surface area contributed by atoms with Gasteiger partial charge in [-0.15, -0.1) is 0 Å². The summed E-state index contributed by atoms with van der Waals surface area (Å²) in [6.07, 6.45) is -0.464. The first kappa shape index (κ1) is 14.8. The average molecular weight is 292 g/mol. The minimum Gasteiger partial charge on any atom is -0.477 e. The van der Waals surface area contributed by atoms with Gasteiger partial charge in [-0.25, -0.2) is 9.59 Å². The van der Waals surface area contributed by atoms with Gasteiger partial charge in [0.1, 0.15) is 6.61 Å². The highest BCUT2D eigenvalue weighted by Crippen LogP contribution is 2.22. The van der Waals surface area contributed by atoms with Gasteiger partial charge >= 0.3 is 12.1 Å². The number of carboxylic acid groups (broad SMARTS) is 1. The maximum absolute atomic E-state index is 11.6. The summed E-state index contributed by atoms with van der Waals surface area (Å²) in [5, 5.41) is 14.8. The lowest BCUT2D eigenvalue weighted by atomic mass is 10.00. The second-order valence-corrected chi connectivity index (χ2v) is 4.98. The quantitative estimate of drug-likeness (QED) is 0.857. The second kappa shape index (κ2) is 6.25. The molecule has 0 saturated carbocycles. The van der Waals surface area contributed by atoms with Gasteiger partial charge in [-0.05, 0) is 12.5 Å². The van der Waals surface area contributed by atoms with E-state index in [2.05, 4.69) is 10.5 Å². The minimum absolute atomic E-state index is 0.0584. The molecule has 1 aliphatic heterocycles. The van der Waals surface area contributed by atoms with Crippen LogP contribution in [-0.4, -0.2) is 35.0 Å². The zero-order valence-electron chi connectivity index (χ0n) is 11.5. The van der Waals surface area contributed by atoms with E-state index in [9.17, 15) is 9.59 Å². The zero-order chi connectivity index (χ0) is 15.3. The molecule has 21 heavy (non-hydrogen) atoms. The van der Waals surface area contributed by atoms with Gasteiger partial charge in [0.05, 0.1) is 6.54 Å². The topological polar surface area (TPSA) is 97.2 Å². The van der Waals surface area contributed by atoms with E-state index in [0.717, 1.165) is 5.56 Å². The summed E-state index contributed by atoms with van der Waals surface area (Å²) in [7, 11) is 0. The number of carbonyl (C=O) groups is 2. The highest BCUT2D eigenvalue weighted by Gasteiger charge is 2.37. The zero-order valence-corrected chi connectivity index (χ0v) is 11.5. The van der Waals surface area contributed by atoms with E-state index in [4.69, 9.17) is 14.7 Å². The second-order valence-electron chi connectivity index (χ2n) is 4.98. The first-order chi connectivity index (χ1) is 9.98. The van der Waals surface area contributed by atoms with Gasteiger partial charge < -0.3 is 20.0 Å². The highest BCUT2D eigenvalue weighted by molar-refractivity contribution is 6.36. The van der Waals surface area contributed by atoms with Crippen LogP contribution in [0.3, 0.4) is 0 Å². The number of benzene rings is 1. The van der Waals surface area contributed by atoms with Crippen molar-refractivity contribution in [3.8, 4) is 0 Å². The Bertz CT molecular complexity index is 558. The Morgan fingerprint density at radius 1 is 1.43 bits per heavy atom. The fourth-order valence-electron chi connectivity index (χ4n) is 1.83. The van der Waals surface area contributed by atoms with Crippen molar-refractivity contribution in [1.82, 2.24) is 5.32 Å². The van der Waals surface area contributed by atoms with E-state index in [0.29, 0.717) is 0 Å². The SMILES string of the molecule is CC1(CNC(=O)OCc2ccccc2)CC(C(=O)O)=NO1. The van der Waals surface area contributed by atoms with Gasteiger partial charge in [0.2, 0.25) is 0 Å². The number of carbonyl (C=O) groups excluding carboxylic acids is 1. The van der Waals surface area contributed by atoms with Crippen molar-refractivity contribution in [2.75, 3.05) is 6.54 Å². The number of hydrogen-bond acceptors (Lipinski definition) is 5. The number of ether oxygens (including phenoxy) is 1. The monoisotopic (exact) mass is 292 g/mol. The lowest BCUT2D eigenvalue weighted by Gasteiger charge is -2.21. The third-order valence-corrected chi connectivity index (χ3v) is 2.98. The number of hydrogen-bond donors (Lipinski definition) is 2. The number of nitrogens with one attached hydrogen (secondary N) is 1. The number of oxime groups is 1. The molecule has 0 bridgehead atoms. The standard InChI is InChI=1S/C14H16N2O5/c1-14(7-11(12(17)18)16-21-14)9-15-13(19)20-8-10-5-3-2-4-6-10/h2-6H,7-9H2,1H3,(H,15,19)(H,17,18). The maximum atomic E-state index is 11.6. The number of alkyl carbamates (subject to hydrolysis) is 1. The molecule has 1 heterocycles. The summed E-state index contributed by atoms with van der Waals surface area (Å²) in [5.74, 6) is -1.12. The Hall–Kier alpha value is -2.57. The summed E-state index contributed by atoms with van der Waals surface area (Å²) in [6.45, 7) is 1.95. The molecule has 7 heteroatoms. The van der Waals surface area contributed by atoms with Crippen molar-refractivity contribution < 1.29 is 24.3 Å². The molecule has 1 atom stereocenters. The van der Waals surface area contributed by atoms with Crippen LogP contribution in [0.5, 0.6) is 0 Å². The van der Waals surface area contributed by atoms with E-state index < -0.39 is 17.7 Å². The van der Waals surface area contributed by atoms with Gasteiger partial charge in [-0.1, -0.05) is 35.5 Å². The molecule has 1 aromatic carbocycles. The summed E-state index contributed by atoms with van der Waals surface area (Å²) < 4.78 is 5.05. The van der Waals surface area contributed by atoms with Crippen molar-refractivity contribution in [2.24, 2.45) is 5.16 Å². The van der Waals surface area contributed by atoms with Gasteiger partial charge in [0, 0.05) is 6.42 Å². The molecule has 0 spiro atoms. The first-order valence-corrected chi connectivity index (χ1v) is 6.41. The lowest BCUT2D eigenvalue weighted by Crippen LogP contribution is -2.41. The van der Waals surface area contributed by atoms with Crippen molar-refractivity contribution in [2.45, 2.75) is 25.6 Å².